The average molecular weight is 284 g/mol. The summed E-state index contributed by atoms with van der Waals surface area (Å²) in [6, 6.07) is 7.73. The van der Waals surface area contributed by atoms with E-state index in [1.165, 1.54) is 18.3 Å². The smallest absolute Gasteiger partial charge is 0.407 e. The molecule has 7 nitrogen and oxygen atoms in total. The molecule has 21 heavy (non-hydrogen) atoms. The molecule has 0 aliphatic carbocycles. The van der Waals surface area contributed by atoms with Gasteiger partial charge in [-0.05, 0) is 24.3 Å². The number of nitrogen functional groups attached to an aromatic ring is 1. The number of benzene rings is 1. The van der Waals surface area contributed by atoms with Crippen LogP contribution in [0.1, 0.15) is 16.1 Å². The molecule has 0 aliphatic heterocycles. The summed E-state index contributed by atoms with van der Waals surface area (Å²) < 4.78 is 6.01. The molecular formula is C14H12N4O3. The van der Waals surface area contributed by atoms with Gasteiger partial charge in [-0.1, -0.05) is 0 Å². The number of hydrogen-bond donors (Lipinski definition) is 2. The summed E-state index contributed by atoms with van der Waals surface area (Å²) in [7, 11) is 0. The minimum atomic E-state index is -0.758. The molecule has 106 valence electrons. The summed E-state index contributed by atoms with van der Waals surface area (Å²) >= 11 is 0. The van der Waals surface area contributed by atoms with Crippen molar-refractivity contribution in [3.05, 3.63) is 58.3 Å². The highest BCUT2D eigenvalue weighted by Gasteiger charge is 2.18. The lowest BCUT2D eigenvalue weighted by molar-refractivity contribution is 0.0956. The molecule has 2 heterocycles. The van der Waals surface area contributed by atoms with E-state index in [4.69, 9.17) is 15.9 Å². The van der Waals surface area contributed by atoms with E-state index >= 15 is 0 Å². The highest BCUT2D eigenvalue weighted by atomic mass is 16.4. The zero-order chi connectivity index (χ0) is 15.0. The first-order valence-electron chi connectivity index (χ1n) is 6.21. The number of aromatic nitrogens is 2. The lowest BCUT2D eigenvalue weighted by Gasteiger charge is -2.03. The van der Waals surface area contributed by atoms with E-state index < -0.39 is 11.7 Å². The Labute approximate surface area is 118 Å². The van der Waals surface area contributed by atoms with Gasteiger partial charge in [-0.15, -0.1) is 0 Å². The van der Waals surface area contributed by atoms with Crippen LogP contribution in [0.4, 0.5) is 5.69 Å². The van der Waals surface area contributed by atoms with Gasteiger partial charge in [-0.2, -0.15) is 0 Å². The maximum atomic E-state index is 12.5. The number of anilines is 1. The van der Waals surface area contributed by atoms with E-state index in [1.54, 1.807) is 18.2 Å². The Morgan fingerprint density at radius 3 is 2.86 bits per heavy atom. The quantitative estimate of drug-likeness (QED) is 0.669. The molecule has 0 aliphatic rings. The first-order valence-corrected chi connectivity index (χ1v) is 6.21. The molecule has 0 atom stereocenters. The van der Waals surface area contributed by atoms with Gasteiger partial charge in [-0.3, -0.25) is 9.78 Å². The van der Waals surface area contributed by atoms with Crippen LogP contribution >= 0.6 is 0 Å². The minimum absolute atomic E-state index is 0.207. The summed E-state index contributed by atoms with van der Waals surface area (Å²) in [5.41, 5.74) is 13.1. The Kier molecular flexibility index (Phi) is 3.03. The molecule has 2 aromatic heterocycles. The third kappa shape index (κ3) is 2.19. The van der Waals surface area contributed by atoms with Crippen LogP contribution in [0.25, 0.3) is 11.1 Å². The zero-order valence-electron chi connectivity index (χ0n) is 10.9. The summed E-state index contributed by atoms with van der Waals surface area (Å²) in [4.78, 5) is 28.4. The van der Waals surface area contributed by atoms with Crippen LogP contribution in [-0.2, 0) is 6.54 Å². The number of nitrogens with zero attached hydrogens (tertiary/aromatic N) is 2. The number of oxazole rings is 1. The summed E-state index contributed by atoms with van der Waals surface area (Å²) in [5.74, 6) is -1.26. The second kappa shape index (κ2) is 4.88. The van der Waals surface area contributed by atoms with Gasteiger partial charge in [0.25, 0.3) is 5.91 Å². The predicted octanol–water partition coefficient (Wildman–Crippen LogP) is 0.719. The number of hydrogen-bond acceptors (Lipinski definition) is 6. The van der Waals surface area contributed by atoms with E-state index in [-0.39, 0.29) is 12.1 Å². The van der Waals surface area contributed by atoms with E-state index in [0.717, 1.165) is 4.57 Å². The number of pyridine rings is 1. The van der Waals surface area contributed by atoms with Crippen molar-refractivity contribution in [3.63, 3.8) is 0 Å². The molecule has 0 saturated carbocycles. The molecule has 4 N–H and O–H groups in total. The molecule has 0 saturated heterocycles. The molecule has 3 rings (SSSR count). The summed E-state index contributed by atoms with van der Waals surface area (Å²) in [5, 5.41) is 0. The van der Waals surface area contributed by atoms with Crippen LogP contribution in [0.5, 0.6) is 0 Å². The van der Waals surface area contributed by atoms with Gasteiger partial charge in [-0.25, -0.2) is 9.36 Å². The lowest BCUT2D eigenvalue weighted by atomic mass is 10.2. The summed E-state index contributed by atoms with van der Waals surface area (Å²) in [6.45, 7) is 0.207. The third-order valence-corrected chi connectivity index (χ3v) is 3.08. The van der Waals surface area contributed by atoms with Crippen molar-refractivity contribution in [1.29, 1.82) is 0 Å². The van der Waals surface area contributed by atoms with Crippen molar-refractivity contribution >= 4 is 22.7 Å². The first kappa shape index (κ1) is 13.1. The van der Waals surface area contributed by atoms with Crippen molar-refractivity contribution in [1.82, 2.24) is 9.55 Å². The number of fused-ring (bicyclic) bond motifs is 1. The van der Waals surface area contributed by atoms with E-state index in [0.29, 0.717) is 22.5 Å². The van der Waals surface area contributed by atoms with Gasteiger partial charge < -0.3 is 15.9 Å². The van der Waals surface area contributed by atoms with E-state index in [9.17, 15) is 9.59 Å². The molecule has 0 amide bonds. The second-order valence-electron chi connectivity index (χ2n) is 4.48. The minimum Gasteiger partial charge on any atom is -0.407 e. The molecule has 1 aromatic carbocycles. The van der Waals surface area contributed by atoms with Gasteiger partial charge >= 0.3 is 5.76 Å². The van der Waals surface area contributed by atoms with Gasteiger partial charge in [0.1, 0.15) is 0 Å². The number of carbonyl (C=O) groups is 1. The SMILES string of the molecule is NCc1cc(C(=O)n2c(=O)oc3cc(N)ccc32)ccn1. The Balaban J connectivity index is 2.17. The Bertz CT molecular complexity index is 895. The van der Waals surface area contributed by atoms with Crippen molar-refractivity contribution in [2.45, 2.75) is 6.54 Å². The fourth-order valence-corrected chi connectivity index (χ4v) is 2.08. The van der Waals surface area contributed by atoms with Crippen molar-refractivity contribution < 1.29 is 9.21 Å². The monoisotopic (exact) mass is 284 g/mol. The van der Waals surface area contributed by atoms with Crippen molar-refractivity contribution in [3.8, 4) is 0 Å². The van der Waals surface area contributed by atoms with Crippen LogP contribution in [0.2, 0.25) is 0 Å². The van der Waals surface area contributed by atoms with Crippen LogP contribution in [-0.4, -0.2) is 15.5 Å². The molecule has 0 spiro atoms. The molecular weight excluding hydrogens is 272 g/mol. The normalized spacial score (nSPS) is 10.9. The largest absolute Gasteiger partial charge is 0.427 e. The predicted molar refractivity (Wildman–Crippen MR) is 76.7 cm³/mol. The first-order chi connectivity index (χ1) is 10.1. The van der Waals surface area contributed by atoms with Crippen LogP contribution in [0.3, 0.4) is 0 Å². The molecule has 0 unspecified atom stereocenters. The Hall–Kier alpha value is -2.93. The van der Waals surface area contributed by atoms with Crippen molar-refractivity contribution in [2.24, 2.45) is 5.73 Å². The van der Waals surface area contributed by atoms with Gasteiger partial charge in [0.2, 0.25) is 0 Å². The Morgan fingerprint density at radius 1 is 1.29 bits per heavy atom. The van der Waals surface area contributed by atoms with E-state index in [2.05, 4.69) is 4.98 Å². The number of carbonyl (C=O) groups excluding carboxylic acids is 1. The number of nitrogens with two attached hydrogens (primary N) is 2. The fraction of sp³-hybridized carbons (Fsp3) is 0.0714. The maximum Gasteiger partial charge on any atom is 0.427 e. The van der Waals surface area contributed by atoms with Crippen LogP contribution in [0.15, 0.2) is 45.7 Å². The molecule has 7 heteroatoms. The highest BCUT2D eigenvalue weighted by molar-refractivity contribution is 6.00. The fourth-order valence-electron chi connectivity index (χ4n) is 2.08. The second-order valence-corrected chi connectivity index (χ2v) is 4.48. The Morgan fingerprint density at radius 2 is 2.10 bits per heavy atom. The number of rotatable bonds is 2. The van der Waals surface area contributed by atoms with Gasteiger partial charge in [0.05, 0.1) is 11.2 Å². The standard InChI is InChI=1S/C14H12N4O3/c15-7-10-5-8(3-4-17-10)13(19)18-11-2-1-9(16)6-12(11)21-14(18)20/h1-6H,7,15-16H2. The lowest BCUT2D eigenvalue weighted by Crippen LogP contribution is -2.23. The van der Waals surface area contributed by atoms with Gasteiger partial charge in [0, 0.05) is 30.1 Å². The third-order valence-electron chi connectivity index (χ3n) is 3.08. The zero-order valence-corrected chi connectivity index (χ0v) is 10.9. The van der Waals surface area contributed by atoms with E-state index in [1.807, 2.05) is 0 Å². The molecule has 0 bridgehead atoms. The molecule has 3 aromatic rings. The average Bonchev–Trinajstić information content (AvgIpc) is 2.81. The maximum absolute atomic E-state index is 12.5. The van der Waals surface area contributed by atoms with Crippen molar-refractivity contribution in [2.75, 3.05) is 5.73 Å². The molecule has 0 radical (unpaired) electrons. The highest BCUT2D eigenvalue weighted by Crippen LogP contribution is 2.17. The summed E-state index contributed by atoms with van der Waals surface area (Å²) in [6.07, 6.45) is 1.47. The van der Waals surface area contributed by atoms with Crippen LogP contribution in [0, 0.1) is 0 Å². The van der Waals surface area contributed by atoms with Crippen LogP contribution < -0.4 is 17.2 Å². The van der Waals surface area contributed by atoms with Gasteiger partial charge in [0.15, 0.2) is 5.58 Å². The topological polar surface area (TPSA) is 117 Å². The molecule has 0 fully saturated rings.